The van der Waals surface area contributed by atoms with Crippen LogP contribution >= 0.6 is 35.3 Å². The number of hydrogen-bond donors (Lipinski definition) is 2. The Labute approximate surface area is 187 Å². The van der Waals surface area contributed by atoms with Gasteiger partial charge in [0.1, 0.15) is 11.3 Å². The van der Waals surface area contributed by atoms with Gasteiger partial charge in [0.2, 0.25) is 0 Å². The highest BCUT2D eigenvalue weighted by atomic mass is 127. The minimum atomic E-state index is -0.429. The molecule has 0 atom stereocenters. The summed E-state index contributed by atoms with van der Waals surface area (Å²) >= 11 is 1.71. The first-order valence-corrected chi connectivity index (χ1v) is 9.57. The number of carbonyl (C=O) groups is 1. The zero-order chi connectivity index (χ0) is 19.6. The van der Waals surface area contributed by atoms with Gasteiger partial charge in [-0.3, -0.25) is 0 Å². The largest absolute Gasteiger partial charge is 0.496 e. The number of thiazole rings is 1. The smallest absolute Gasteiger partial charge is 0.341 e. The van der Waals surface area contributed by atoms with Crippen LogP contribution < -0.4 is 15.4 Å². The van der Waals surface area contributed by atoms with Crippen molar-refractivity contribution in [2.45, 2.75) is 26.8 Å². The predicted octanol–water partition coefficient (Wildman–Crippen LogP) is 3.16. The van der Waals surface area contributed by atoms with Crippen LogP contribution in [0.2, 0.25) is 0 Å². The Morgan fingerprint density at radius 2 is 2.07 bits per heavy atom. The van der Waals surface area contributed by atoms with Gasteiger partial charge in [-0.15, -0.1) is 35.3 Å². The molecule has 2 rings (SSSR count). The summed E-state index contributed by atoms with van der Waals surface area (Å²) in [6.45, 7) is 6.01. The van der Waals surface area contributed by atoms with Gasteiger partial charge in [-0.2, -0.15) is 0 Å². The van der Waals surface area contributed by atoms with Crippen LogP contribution in [0.3, 0.4) is 0 Å². The van der Waals surface area contributed by atoms with Crippen molar-refractivity contribution in [2.75, 3.05) is 27.3 Å². The lowest BCUT2D eigenvalue weighted by Crippen LogP contribution is -2.38. The lowest BCUT2D eigenvalue weighted by atomic mass is 10.1. The number of aryl methyl sites for hydroxylation is 1. The molecular weight excluding hydrogens is 491 g/mol. The van der Waals surface area contributed by atoms with Gasteiger partial charge in [-0.25, -0.2) is 14.8 Å². The summed E-state index contributed by atoms with van der Waals surface area (Å²) in [5.41, 5.74) is 1.29. The van der Waals surface area contributed by atoms with Crippen LogP contribution in [0.25, 0.3) is 0 Å². The highest BCUT2D eigenvalue weighted by Gasteiger charge is 2.13. The molecule has 2 aromatic rings. The van der Waals surface area contributed by atoms with E-state index in [1.807, 2.05) is 19.2 Å². The molecule has 28 heavy (non-hydrogen) atoms. The maximum absolute atomic E-state index is 11.9. The predicted molar refractivity (Wildman–Crippen MR) is 123 cm³/mol. The SMILES string of the molecule is CCNC(=NCc1ccc(OC)c(C(=O)OC)c1)NCCc1ncc(C)s1.I. The van der Waals surface area contributed by atoms with Crippen molar-refractivity contribution >= 4 is 47.2 Å². The van der Waals surface area contributed by atoms with Crippen molar-refractivity contribution in [3.8, 4) is 5.75 Å². The van der Waals surface area contributed by atoms with Crippen LogP contribution in [0.4, 0.5) is 0 Å². The molecule has 1 aromatic heterocycles. The van der Waals surface area contributed by atoms with Gasteiger partial charge in [0.25, 0.3) is 0 Å². The van der Waals surface area contributed by atoms with Gasteiger partial charge < -0.3 is 20.1 Å². The summed E-state index contributed by atoms with van der Waals surface area (Å²) in [5, 5.41) is 7.64. The number of aromatic nitrogens is 1. The fourth-order valence-electron chi connectivity index (χ4n) is 2.44. The molecule has 0 spiro atoms. The standard InChI is InChI=1S/C19H26N4O3S.HI/c1-5-20-19(21-9-8-17-22-11-13(2)27-17)23-12-14-6-7-16(25-3)15(10-14)18(24)26-4;/h6-7,10-11H,5,8-9,12H2,1-4H3,(H2,20,21,23);1H. The third-order valence-electron chi connectivity index (χ3n) is 3.73. The second-order valence-corrected chi connectivity index (χ2v) is 7.08. The van der Waals surface area contributed by atoms with Crippen LogP contribution in [0, 0.1) is 6.92 Å². The van der Waals surface area contributed by atoms with E-state index in [2.05, 4.69) is 27.5 Å². The summed E-state index contributed by atoms with van der Waals surface area (Å²) in [5.74, 6) is 0.779. The molecule has 7 nitrogen and oxygen atoms in total. The lowest BCUT2D eigenvalue weighted by Gasteiger charge is -2.11. The Kier molecular flexibility index (Phi) is 10.8. The maximum Gasteiger partial charge on any atom is 0.341 e. The monoisotopic (exact) mass is 518 g/mol. The molecule has 0 unspecified atom stereocenters. The lowest BCUT2D eigenvalue weighted by molar-refractivity contribution is 0.0597. The number of aliphatic imine (C=N–C) groups is 1. The first kappa shape index (κ1) is 24.2. The summed E-state index contributed by atoms with van der Waals surface area (Å²) in [6.07, 6.45) is 2.74. The minimum Gasteiger partial charge on any atom is -0.496 e. The fraction of sp³-hybridized carbons (Fsp3) is 0.421. The van der Waals surface area contributed by atoms with E-state index >= 15 is 0 Å². The topological polar surface area (TPSA) is 84.8 Å². The fourth-order valence-corrected chi connectivity index (χ4v) is 3.23. The Hall–Kier alpha value is -1.88. The van der Waals surface area contributed by atoms with Gasteiger partial charge in [-0.05, 0) is 31.5 Å². The van der Waals surface area contributed by atoms with Crippen LogP contribution in [-0.2, 0) is 17.7 Å². The quantitative estimate of drug-likeness (QED) is 0.242. The number of nitrogens with one attached hydrogen (secondary N) is 2. The van der Waals surface area contributed by atoms with Crippen LogP contribution in [-0.4, -0.2) is 44.2 Å². The molecule has 9 heteroatoms. The number of guanidine groups is 1. The van der Waals surface area contributed by atoms with Crippen LogP contribution in [0.15, 0.2) is 29.4 Å². The molecule has 0 bridgehead atoms. The zero-order valence-corrected chi connectivity index (χ0v) is 19.7. The second kappa shape index (κ2) is 12.6. The summed E-state index contributed by atoms with van der Waals surface area (Å²) in [6, 6.07) is 5.38. The van der Waals surface area contributed by atoms with E-state index in [4.69, 9.17) is 9.47 Å². The van der Waals surface area contributed by atoms with E-state index in [9.17, 15) is 4.79 Å². The van der Waals surface area contributed by atoms with Gasteiger partial charge in [0, 0.05) is 30.6 Å². The molecule has 0 radical (unpaired) electrons. The molecule has 1 heterocycles. The van der Waals surface area contributed by atoms with Crippen molar-refractivity contribution in [1.82, 2.24) is 15.6 Å². The highest BCUT2D eigenvalue weighted by molar-refractivity contribution is 14.0. The third-order valence-corrected chi connectivity index (χ3v) is 4.71. The molecule has 154 valence electrons. The number of nitrogens with zero attached hydrogens (tertiary/aromatic N) is 2. The van der Waals surface area contributed by atoms with Crippen molar-refractivity contribution in [1.29, 1.82) is 0 Å². The first-order valence-electron chi connectivity index (χ1n) is 8.76. The average molecular weight is 518 g/mol. The number of halogens is 1. The van der Waals surface area contributed by atoms with Gasteiger partial charge in [-0.1, -0.05) is 6.07 Å². The van der Waals surface area contributed by atoms with E-state index in [0.717, 1.165) is 36.0 Å². The van der Waals surface area contributed by atoms with E-state index in [0.29, 0.717) is 17.9 Å². The molecule has 0 amide bonds. The summed E-state index contributed by atoms with van der Waals surface area (Å²) < 4.78 is 10.0. The third kappa shape index (κ3) is 7.27. The van der Waals surface area contributed by atoms with E-state index in [1.54, 1.807) is 23.5 Å². The number of hydrogen-bond acceptors (Lipinski definition) is 6. The Balaban J connectivity index is 0.00000392. The molecule has 1 aromatic carbocycles. The number of carbonyl (C=O) groups excluding carboxylic acids is 1. The van der Waals surface area contributed by atoms with Crippen molar-refractivity contribution < 1.29 is 14.3 Å². The highest BCUT2D eigenvalue weighted by Crippen LogP contribution is 2.21. The molecule has 0 fully saturated rings. The van der Waals surface area contributed by atoms with Crippen molar-refractivity contribution in [2.24, 2.45) is 4.99 Å². The number of methoxy groups -OCH3 is 2. The average Bonchev–Trinajstić information content (AvgIpc) is 3.10. The maximum atomic E-state index is 11.9. The van der Waals surface area contributed by atoms with Crippen molar-refractivity contribution in [3.05, 3.63) is 45.4 Å². The van der Waals surface area contributed by atoms with Gasteiger partial charge in [0.05, 0.1) is 25.8 Å². The Bertz CT molecular complexity index is 795. The van der Waals surface area contributed by atoms with Crippen molar-refractivity contribution in [3.63, 3.8) is 0 Å². The molecule has 0 aliphatic heterocycles. The van der Waals surface area contributed by atoms with E-state index in [-0.39, 0.29) is 24.0 Å². The first-order chi connectivity index (χ1) is 13.1. The molecule has 0 aliphatic rings. The number of esters is 1. The number of ether oxygens (including phenoxy) is 2. The number of benzene rings is 1. The van der Waals surface area contributed by atoms with Gasteiger partial charge in [0.15, 0.2) is 5.96 Å². The van der Waals surface area contributed by atoms with Crippen LogP contribution in [0.5, 0.6) is 5.75 Å². The van der Waals surface area contributed by atoms with Gasteiger partial charge >= 0.3 is 5.97 Å². The van der Waals surface area contributed by atoms with E-state index < -0.39 is 5.97 Å². The zero-order valence-electron chi connectivity index (χ0n) is 16.6. The Morgan fingerprint density at radius 1 is 1.29 bits per heavy atom. The minimum absolute atomic E-state index is 0. The normalized spacial score (nSPS) is 10.8. The molecule has 0 aliphatic carbocycles. The van der Waals surface area contributed by atoms with E-state index in [1.165, 1.54) is 19.1 Å². The Morgan fingerprint density at radius 3 is 2.68 bits per heavy atom. The molecule has 2 N–H and O–H groups in total. The summed E-state index contributed by atoms with van der Waals surface area (Å²) in [4.78, 5) is 22.1. The molecular formula is C19H27IN4O3S. The summed E-state index contributed by atoms with van der Waals surface area (Å²) in [7, 11) is 2.88. The second-order valence-electron chi connectivity index (χ2n) is 5.76. The molecule has 0 saturated heterocycles. The number of rotatable bonds is 8. The van der Waals surface area contributed by atoms with Crippen LogP contribution in [0.1, 0.15) is 32.7 Å². The molecule has 0 saturated carbocycles.